The van der Waals surface area contributed by atoms with Crippen molar-refractivity contribution in [3.63, 3.8) is 0 Å². The zero-order valence-electron chi connectivity index (χ0n) is 22.9. The first kappa shape index (κ1) is 27.0. The lowest BCUT2D eigenvalue weighted by Gasteiger charge is -2.25. The summed E-state index contributed by atoms with van der Waals surface area (Å²) in [5.41, 5.74) is 1.84. The highest BCUT2D eigenvalue weighted by Crippen LogP contribution is 2.44. The molecule has 1 N–H and O–H groups in total. The van der Waals surface area contributed by atoms with Gasteiger partial charge < -0.3 is 33.4 Å². The summed E-state index contributed by atoms with van der Waals surface area (Å²) in [5.74, 6) is 0.575. The van der Waals surface area contributed by atoms with Crippen LogP contribution in [-0.2, 0) is 22.7 Å². The molecular weight excluding hydrogens is 538 g/mol. The van der Waals surface area contributed by atoms with E-state index in [2.05, 4.69) is 0 Å². The Balaban J connectivity index is 1.42. The van der Waals surface area contributed by atoms with Gasteiger partial charge in [0.15, 0.2) is 23.0 Å². The number of carbonyl (C=O) groups is 2. The number of benzene rings is 3. The first-order valence-electron chi connectivity index (χ1n) is 13.7. The molecule has 0 unspecified atom stereocenters. The standard InChI is InChI=1S/C33H29NO8/c1-2-38-27-17-22(10-12-26(27)42-20-21-7-4-3-5-8-21)30-29(32(36)33(37)34(30)19-24-9-6-14-39-24)31(35)23-11-13-25-28(18-23)41-16-15-40-25/h3-14,17-18,30,35H,2,15-16,19-20H2,1H3/b31-29+/t30-/m0/s1. The van der Waals surface area contributed by atoms with Crippen molar-refractivity contribution in [1.29, 1.82) is 0 Å². The van der Waals surface area contributed by atoms with Gasteiger partial charge >= 0.3 is 0 Å². The maximum Gasteiger partial charge on any atom is 0.296 e. The molecule has 0 saturated carbocycles. The van der Waals surface area contributed by atoms with Gasteiger partial charge in [-0.25, -0.2) is 0 Å². The topological polar surface area (TPSA) is 108 Å². The van der Waals surface area contributed by atoms with Gasteiger partial charge in [0.05, 0.1) is 31.0 Å². The van der Waals surface area contributed by atoms with Crippen molar-refractivity contribution in [2.75, 3.05) is 19.8 Å². The lowest BCUT2D eigenvalue weighted by atomic mass is 9.94. The van der Waals surface area contributed by atoms with Crippen molar-refractivity contribution in [3.8, 4) is 23.0 Å². The van der Waals surface area contributed by atoms with E-state index in [1.54, 1.807) is 48.5 Å². The van der Waals surface area contributed by atoms with Crippen LogP contribution in [0.4, 0.5) is 0 Å². The van der Waals surface area contributed by atoms with Crippen molar-refractivity contribution in [1.82, 2.24) is 4.90 Å². The highest BCUT2D eigenvalue weighted by molar-refractivity contribution is 6.46. The number of rotatable bonds is 9. The average Bonchev–Trinajstić information content (AvgIpc) is 3.63. The lowest BCUT2D eigenvalue weighted by molar-refractivity contribution is -0.140. The van der Waals surface area contributed by atoms with Gasteiger partial charge in [-0.2, -0.15) is 0 Å². The molecule has 6 rings (SSSR count). The first-order chi connectivity index (χ1) is 20.5. The van der Waals surface area contributed by atoms with Crippen molar-refractivity contribution in [3.05, 3.63) is 113 Å². The number of likely N-dealkylation sites (tertiary alicyclic amines) is 1. The number of aliphatic hydroxyl groups is 1. The van der Waals surface area contributed by atoms with E-state index in [-0.39, 0.29) is 17.9 Å². The molecule has 9 nitrogen and oxygen atoms in total. The fourth-order valence-corrected chi connectivity index (χ4v) is 5.12. The highest BCUT2D eigenvalue weighted by Gasteiger charge is 2.46. The van der Waals surface area contributed by atoms with Gasteiger partial charge in [-0.3, -0.25) is 9.59 Å². The Morgan fingerprint density at radius 2 is 1.71 bits per heavy atom. The Morgan fingerprint density at radius 1 is 0.905 bits per heavy atom. The van der Waals surface area contributed by atoms with Crippen molar-refractivity contribution in [2.45, 2.75) is 26.1 Å². The summed E-state index contributed by atoms with van der Waals surface area (Å²) in [6.07, 6.45) is 1.50. The van der Waals surface area contributed by atoms with E-state index in [4.69, 9.17) is 23.4 Å². The predicted octanol–water partition coefficient (Wildman–Crippen LogP) is 5.65. The fourth-order valence-electron chi connectivity index (χ4n) is 5.12. The van der Waals surface area contributed by atoms with Crippen LogP contribution < -0.4 is 18.9 Å². The van der Waals surface area contributed by atoms with Gasteiger partial charge in [0, 0.05) is 5.56 Å². The summed E-state index contributed by atoms with van der Waals surface area (Å²) >= 11 is 0. The second-order valence-corrected chi connectivity index (χ2v) is 9.78. The smallest absolute Gasteiger partial charge is 0.296 e. The third kappa shape index (κ3) is 5.28. The molecule has 0 radical (unpaired) electrons. The Labute approximate surface area is 242 Å². The molecule has 1 saturated heterocycles. The molecule has 0 aliphatic carbocycles. The summed E-state index contributed by atoms with van der Waals surface area (Å²) in [6, 6.07) is 22.4. The van der Waals surface area contributed by atoms with Gasteiger partial charge in [0.2, 0.25) is 0 Å². The highest BCUT2D eigenvalue weighted by atomic mass is 16.6. The second-order valence-electron chi connectivity index (χ2n) is 9.78. The number of aliphatic hydroxyl groups excluding tert-OH is 1. The Morgan fingerprint density at radius 3 is 2.48 bits per heavy atom. The van der Waals surface area contributed by atoms with Gasteiger partial charge in [-0.15, -0.1) is 0 Å². The van der Waals surface area contributed by atoms with Crippen LogP contribution in [0, 0.1) is 0 Å². The van der Waals surface area contributed by atoms with Crippen LogP contribution in [0.25, 0.3) is 5.76 Å². The van der Waals surface area contributed by atoms with Gasteiger partial charge in [-0.1, -0.05) is 36.4 Å². The SMILES string of the molecule is CCOc1cc([C@H]2/C(=C(\O)c3ccc4c(c3)OCCO4)C(=O)C(=O)N2Cc2ccco2)ccc1OCc1ccccc1. The van der Waals surface area contributed by atoms with E-state index in [1.807, 2.05) is 37.3 Å². The number of Topliss-reactive ketones (excluding diaryl/α,β-unsaturated/α-hetero) is 1. The van der Waals surface area contributed by atoms with Crippen LogP contribution in [-0.4, -0.2) is 41.5 Å². The molecule has 42 heavy (non-hydrogen) atoms. The Kier molecular flexibility index (Phi) is 7.55. The molecule has 3 heterocycles. The summed E-state index contributed by atoms with van der Waals surface area (Å²) < 4.78 is 28.8. The molecule has 1 amide bonds. The van der Waals surface area contributed by atoms with Gasteiger partial charge in [0.1, 0.15) is 31.3 Å². The first-order valence-corrected chi connectivity index (χ1v) is 13.7. The van der Waals surface area contributed by atoms with Crippen LogP contribution in [0.5, 0.6) is 23.0 Å². The molecular formula is C33H29NO8. The molecule has 1 aromatic heterocycles. The molecule has 214 valence electrons. The van der Waals surface area contributed by atoms with Crippen LogP contribution in [0.3, 0.4) is 0 Å². The van der Waals surface area contributed by atoms with Crippen LogP contribution in [0.15, 0.2) is 95.1 Å². The number of ether oxygens (including phenoxy) is 4. The Bertz CT molecular complexity index is 1630. The molecule has 3 aromatic carbocycles. The number of carbonyl (C=O) groups excluding carboxylic acids is 2. The maximum absolute atomic E-state index is 13.5. The largest absolute Gasteiger partial charge is 0.507 e. The Hall–Kier alpha value is -5.18. The molecule has 2 aliphatic rings. The number of furan rings is 1. The van der Waals surface area contributed by atoms with Crippen molar-refractivity contribution < 1.29 is 38.1 Å². The van der Waals surface area contributed by atoms with E-state index >= 15 is 0 Å². The molecule has 9 heteroatoms. The number of fused-ring (bicyclic) bond motifs is 1. The molecule has 4 aromatic rings. The number of hydrogen-bond acceptors (Lipinski definition) is 8. The fraction of sp³-hybridized carbons (Fsp3) is 0.212. The summed E-state index contributed by atoms with van der Waals surface area (Å²) in [7, 11) is 0. The van der Waals surface area contributed by atoms with E-state index in [9.17, 15) is 14.7 Å². The monoisotopic (exact) mass is 567 g/mol. The van der Waals surface area contributed by atoms with E-state index < -0.39 is 17.7 Å². The lowest BCUT2D eigenvalue weighted by Crippen LogP contribution is -2.29. The third-order valence-electron chi connectivity index (χ3n) is 7.08. The second kappa shape index (κ2) is 11.7. The number of ketones is 1. The van der Waals surface area contributed by atoms with Crippen LogP contribution in [0.2, 0.25) is 0 Å². The zero-order valence-corrected chi connectivity index (χ0v) is 22.9. The normalized spacial score (nSPS) is 17.4. The van der Waals surface area contributed by atoms with Gasteiger partial charge in [0.25, 0.3) is 11.7 Å². The minimum Gasteiger partial charge on any atom is -0.507 e. The minimum absolute atomic E-state index is 0.0242. The van der Waals surface area contributed by atoms with Crippen LogP contribution >= 0.6 is 0 Å². The summed E-state index contributed by atoms with van der Waals surface area (Å²) in [4.78, 5) is 28.3. The van der Waals surface area contributed by atoms with Crippen LogP contribution in [0.1, 0.15) is 35.4 Å². The summed E-state index contributed by atoms with van der Waals surface area (Å²) in [5, 5.41) is 11.5. The predicted molar refractivity (Wildman–Crippen MR) is 152 cm³/mol. The van der Waals surface area contributed by atoms with E-state index in [1.165, 1.54) is 11.2 Å². The number of hydrogen-bond donors (Lipinski definition) is 1. The molecule has 1 atom stereocenters. The molecule has 0 bridgehead atoms. The molecule has 1 fully saturated rings. The number of nitrogens with zero attached hydrogens (tertiary/aromatic N) is 1. The quantitative estimate of drug-likeness (QED) is 0.157. The third-order valence-corrected chi connectivity index (χ3v) is 7.08. The average molecular weight is 568 g/mol. The van der Waals surface area contributed by atoms with E-state index in [0.29, 0.717) is 66.3 Å². The maximum atomic E-state index is 13.5. The summed E-state index contributed by atoms with van der Waals surface area (Å²) in [6.45, 7) is 3.37. The molecule has 2 aliphatic heterocycles. The zero-order chi connectivity index (χ0) is 29.1. The van der Waals surface area contributed by atoms with Crippen molar-refractivity contribution >= 4 is 17.4 Å². The van der Waals surface area contributed by atoms with E-state index in [0.717, 1.165) is 5.56 Å². The minimum atomic E-state index is -0.925. The van der Waals surface area contributed by atoms with Gasteiger partial charge in [-0.05, 0) is 60.5 Å². The molecule has 0 spiro atoms. The number of amides is 1. The van der Waals surface area contributed by atoms with Crippen molar-refractivity contribution in [2.24, 2.45) is 0 Å².